The number of nitrogen functional groups attached to an aromatic ring is 1. The van der Waals surface area contributed by atoms with Crippen LogP contribution in [0, 0.1) is 0 Å². The molecule has 1 saturated heterocycles. The lowest BCUT2D eigenvalue weighted by atomic mass is 10.1. The van der Waals surface area contributed by atoms with Gasteiger partial charge in [-0.1, -0.05) is 17.7 Å². The van der Waals surface area contributed by atoms with Crippen LogP contribution in [0.5, 0.6) is 5.75 Å². The number of nitrogens with zero attached hydrogens (tertiary/aromatic N) is 2. The maximum Gasteiger partial charge on any atom is 0.222 e. The molecule has 1 aromatic heterocycles. The SMILES string of the molecule is CN(c1ccc(Cl)cc1)c1ccc(O)c(-c2ccc(CNC(=O)CC3CCCO3)c(N)n2)c1. The van der Waals surface area contributed by atoms with E-state index in [1.54, 1.807) is 12.1 Å². The summed E-state index contributed by atoms with van der Waals surface area (Å²) in [7, 11) is 1.93. The number of hydrogen-bond donors (Lipinski definition) is 3. The highest BCUT2D eigenvalue weighted by Crippen LogP contribution is 2.35. The Labute approximate surface area is 198 Å². The Kier molecular flexibility index (Phi) is 7.01. The van der Waals surface area contributed by atoms with Crippen molar-refractivity contribution in [2.45, 2.75) is 31.9 Å². The average molecular weight is 467 g/mol. The number of phenolic OH excluding ortho intramolecular Hbond substituents is 1. The van der Waals surface area contributed by atoms with Gasteiger partial charge in [0.1, 0.15) is 11.6 Å². The molecule has 1 unspecified atom stereocenters. The first-order valence-electron chi connectivity index (χ1n) is 10.9. The van der Waals surface area contributed by atoms with Crippen molar-refractivity contribution in [1.29, 1.82) is 0 Å². The highest BCUT2D eigenvalue weighted by Gasteiger charge is 2.19. The van der Waals surface area contributed by atoms with Crippen molar-refractivity contribution in [3.05, 3.63) is 65.2 Å². The lowest BCUT2D eigenvalue weighted by Crippen LogP contribution is -2.27. The van der Waals surface area contributed by atoms with Gasteiger partial charge in [-0.2, -0.15) is 0 Å². The molecule has 1 aliphatic heterocycles. The average Bonchev–Trinajstić information content (AvgIpc) is 3.31. The van der Waals surface area contributed by atoms with Crippen molar-refractivity contribution >= 4 is 34.7 Å². The molecule has 3 aromatic rings. The molecule has 4 rings (SSSR count). The summed E-state index contributed by atoms with van der Waals surface area (Å²) >= 11 is 5.99. The lowest BCUT2D eigenvalue weighted by molar-refractivity contribution is -0.123. The molecule has 1 aliphatic rings. The molecule has 1 amide bonds. The van der Waals surface area contributed by atoms with Gasteiger partial charge in [-0.05, 0) is 61.4 Å². The number of phenols is 1. The van der Waals surface area contributed by atoms with Crippen LogP contribution in [0.15, 0.2) is 54.6 Å². The van der Waals surface area contributed by atoms with E-state index in [1.165, 1.54) is 0 Å². The predicted octanol–water partition coefficient (Wildman–Crippen LogP) is 4.64. The van der Waals surface area contributed by atoms with Gasteiger partial charge < -0.3 is 25.8 Å². The molecule has 33 heavy (non-hydrogen) atoms. The minimum absolute atomic E-state index is 0.00380. The minimum Gasteiger partial charge on any atom is -0.507 e. The minimum atomic E-state index is -0.0686. The summed E-state index contributed by atoms with van der Waals surface area (Å²) in [6.45, 7) is 1.01. The number of nitrogens with one attached hydrogen (secondary N) is 1. The molecule has 0 saturated carbocycles. The smallest absolute Gasteiger partial charge is 0.222 e. The number of aromatic nitrogens is 1. The van der Waals surface area contributed by atoms with E-state index in [0.717, 1.165) is 30.8 Å². The number of nitrogens with two attached hydrogens (primary N) is 1. The fourth-order valence-electron chi connectivity index (χ4n) is 3.83. The monoisotopic (exact) mass is 466 g/mol. The van der Waals surface area contributed by atoms with Crippen LogP contribution in [0.3, 0.4) is 0 Å². The zero-order chi connectivity index (χ0) is 23.4. The molecule has 0 spiro atoms. The van der Waals surface area contributed by atoms with Gasteiger partial charge in [-0.25, -0.2) is 4.98 Å². The van der Waals surface area contributed by atoms with Crippen molar-refractivity contribution in [2.75, 3.05) is 24.3 Å². The van der Waals surface area contributed by atoms with Gasteiger partial charge in [0.05, 0.1) is 18.2 Å². The van der Waals surface area contributed by atoms with Crippen LogP contribution < -0.4 is 16.0 Å². The summed E-state index contributed by atoms with van der Waals surface area (Å²) in [5.74, 6) is 0.342. The normalized spacial score (nSPS) is 15.4. The van der Waals surface area contributed by atoms with E-state index in [-0.39, 0.29) is 24.3 Å². The van der Waals surface area contributed by atoms with E-state index in [0.29, 0.717) is 34.1 Å². The highest BCUT2D eigenvalue weighted by molar-refractivity contribution is 6.30. The Bertz CT molecular complexity index is 1130. The lowest BCUT2D eigenvalue weighted by Gasteiger charge is -2.21. The fraction of sp³-hybridized carbons (Fsp3) is 0.280. The topological polar surface area (TPSA) is 101 Å². The Hall–Kier alpha value is -3.29. The Balaban J connectivity index is 1.48. The van der Waals surface area contributed by atoms with Gasteiger partial charge in [0.2, 0.25) is 5.91 Å². The van der Waals surface area contributed by atoms with E-state index >= 15 is 0 Å². The second kappa shape index (κ2) is 10.1. The predicted molar refractivity (Wildman–Crippen MR) is 131 cm³/mol. The summed E-state index contributed by atoms with van der Waals surface area (Å²) in [4.78, 5) is 18.6. The van der Waals surface area contributed by atoms with E-state index in [9.17, 15) is 9.90 Å². The third kappa shape index (κ3) is 5.56. The molecular weight excluding hydrogens is 440 g/mol. The molecule has 0 aliphatic carbocycles. The second-order valence-electron chi connectivity index (χ2n) is 8.09. The number of ether oxygens (including phenoxy) is 1. The van der Waals surface area contributed by atoms with Gasteiger partial charge in [0.25, 0.3) is 0 Å². The summed E-state index contributed by atoms with van der Waals surface area (Å²) in [5.41, 5.74) is 9.82. The number of pyridine rings is 1. The van der Waals surface area contributed by atoms with E-state index in [4.69, 9.17) is 22.1 Å². The number of carbonyl (C=O) groups is 1. The summed E-state index contributed by atoms with van der Waals surface area (Å²) in [6, 6.07) is 16.4. The number of amides is 1. The third-order valence-corrected chi connectivity index (χ3v) is 6.03. The molecule has 8 heteroatoms. The number of carbonyl (C=O) groups excluding carboxylic acids is 1. The second-order valence-corrected chi connectivity index (χ2v) is 8.53. The van der Waals surface area contributed by atoms with E-state index in [1.807, 2.05) is 54.4 Å². The maximum atomic E-state index is 12.2. The zero-order valence-corrected chi connectivity index (χ0v) is 19.2. The van der Waals surface area contributed by atoms with Crippen LogP contribution in [0.25, 0.3) is 11.3 Å². The number of anilines is 3. The van der Waals surface area contributed by atoms with Gasteiger partial charge >= 0.3 is 0 Å². The molecule has 4 N–H and O–H groups in total. The number of halogens is 1. The van der Waals surface area contributed by atoms with Crippen LogP contribution >= 0.6 is 11.6 Å². The van der Waals surface area contributed by atoms with E-state index in [2.05, 4.69) is 10.3 Å². The van der Waals surface area contributed by atoms with Gasteiger partial charge in [0, 0.05) is 47.7 Å². The Morgan fingerprint density at radius 2 is 1.97 bits per heavy atom. The Morgan fingerprint density at radius 1 is 1.21 bits per heavy atom. The third-order valence-electron chi connectivity index (χ3n) is 5.78. The van der Waals surface area contributed by atoms with Gasteiger partial charge in [0.15, 0.2) is 0 Å². The zero-order valence-electron chi connectivity index (χ0n) is 18.4. The first-order valence-corrected chi connectivity index (χ1v) is 11.2. The molecule has 0 radical (unpaired) electrons. The summed E-state index contributed by atoms with van der Waals surface area (Å²) in [5, 5.41) is 14.0. The molecule has 0 bridgehead atoms. The van der Waals surface area contributed by atoms with Crippen LogP contribution in [-0.4, -0.2) is 35.8 Å². The molecular formula is C25H27ClN4O3. The first-order chi connectivity index (χ1) is 15.9. The highest BCUT2D eigenvalue weighted by atomic mass is 35.5. The largest absolute Gasteiger partial charge is 0.507 e. The quantitative estimate of drug-likeness (QED) is 0.469. The molecule has 172 valence electrons. The van der Waals surface area contributed by atoms with Crippen molar-refractivity contribution < 1.29 is 14.6 Å². The Morgan fingerprint density at radius 3 is 2.67 bits per heavy atom. The molecule has 2 aromatic carbocycles. The van der Waals surface area contributed by atoms with Crippen molar-refractivity contribution in [3.63, 3.8) is 0 Å². The maximum absolute atomic E-state index is 12.2. The van der Waals surface area contributed by atoms with E-state index < -0.39 is 0 Å². The van der Waals surface area contributed by atoms with Crippen LogP contribution in [0.2, 0.25) is 5.02 Å². The standard InChI is InChI=1S/C25H27ClN4O3/c1-30(18-7-5-17(26)6-8-18)19-9-11-23(31)21(13-19)22-10-4-16(25(27)29-22)15-28-24(32)14-20-3-2-12-33-20/h4-11,13,20,31H,2-3,12,14-15H2,1H3,(H2,27,29)(H,28,32). The van der Waals surface area contributed by atoms with Crippen molar-refractivity contribution in [2.24, 2.45) is 0 Å². The van der Waals surface area contributed by atoms with Crippen LogP contribution in [-0.2, 0) is 16.1 Å². The fourth-order valence-corrected chi connectivity index (χ4v) is 3.96. The molecule has 1 atom stereocenters. The number of rotatable bonds is 7. The summed E-state index contributed by atoms with van der Waals surface area (Å²) < 4.78 is 5.50. The van der Waals surface area contributed by atoms with Crippen LogP contribution in [0.4, 0.5) is 17.2 Å². The van der Waals surface area contributed by atoms with Gasteiger partial charge in [-0.3, -0.25) is 4.79 Å². The first kappa shape index (κ1) is 22.9. The summed E-state index contributed by atoms with van der Waals surface area (Å²) in [6.07, 6.45) is 2.28. The van der Waals surface area contributed by atoms with Gasteiger partial charge in [-0.15, -0.1) is 0 Å². The molecule has 7 nitrogen and oxygen atoms in total. The number of hydrogen-bond acceptors (Lipinski definition) is 6. The van der Waals surface area contributed by atoms with Crippen molar-refractivity contribution in [1.82, 2.24) is 10.3 Å². The number of benzene rings is 2. The van der Waals surface area contributed by atoms with Crippen LogP contribution in [0.1, 0.15) is 24.8 Å². The molecule has 2 heterocycles. The number of aromatic hydroxyl groups is 1. The molecule has 1 fully saturated rings. The van der Waals surface area contributed by atoms with Crippen molar-refractivity contribution in [3.8, 4) is 17.0 Å².